The number of nitrogens with one attached hydrogen (secondary N) is 1. The molecule has 6 aliphatic rings. The normalized spacial score (nSPS) is 46.3. The minimum absolute atomic E-state index is 0.869. The van der Waals surface area contributed by atoms with E-state index in [9.17, 15) is 130 Å². The zero-order valence-corrected chi connectivity index (χ0v) is 45.3. The van der Waals surface area contributed by atoms with Gasteiger partial charge >= 0.3 is 10.4 Å². The molecule has 1 amide bonds. The van der Waals surface area contributed by atoms with E-state index < -0.39 is 278 Å². The molecule has 24 N–H and O–H groups in total. The van der Waals surface area contributed by atoms with Crippen LogP contribution in [0.4, 0.5) is 0 Å². The van der Waals surface area contributed by atoms with E-state index in [1.54, 1.807) is 0 Å². The Bertz CT molecular complexity index is 2150. The van der Waals surface area contributed by atoms with Gasteiger partial charge in [0, 0.05) is 6.92 Å². The summed E-state index contributed by atoms with van der Waals surface area (Å²) >= 11 is 0. The minimum atomic E-state index is -5.44. The van der Waals surface area contributed by atoms with Crippen LogP contribution in [0.3, 0.4) is 0 Å². The first-order chi connectivity index (χ1) is 40.0. The first kappa shape index (κ1) is 72.0. The second-order valence-electron chi connectivity index (χ2n) is 20.6. The zero-order valence-electron chi connectivity index (χ0n) is 44.5. The molecule has 6 heterocycles. The topological polar surface area (TPSA) is 649 Å². The molecule has 498 valence electrons. The van der Waals surface area contributed by atoms with E-state index in [2.05, 4.69) is 9.50 Å². The molecule has 0 unspecified atom stereocenters. The molecule has 0 aromatic heterocycles. The quantitative estimate of drug-likeness (QED) is 0.0358. The fourth-order valence-corrected chi connectivity index (χ4v) is 10.6. The molecule has 6 saturated heterocycles. The fraction of sp³-hybridized carbons (Fsp3) is 0.977. The van der Waals surface area contributed by atoms with Crippen LogP contribution in [-0.4, -0.2) is 393 Å². The highest BCUT2D eigenvalue weighted by Gasteiger charge is 2.58. The van der Waals surface area contributed by atoms with Crippen molar-refractivity contribution in [2.45, 2.75) is 216 Å². The molecule has 6 rings (SSSR count). The molecule has 6 aliphatic heterocycles. The van der Waals surface area contributed by atoms with E-state index in [-0.39, 0.29) is 0 Å². The summed E-state index contributed by atoms with van der Waals surface area (Å²) in [5, 5.41) is 238. The Balaban J connectivity index is 1.27. The van der Waals surface area contributed by atoms with Crippen LogP contribution in [0, 0.1) is 0 Å². The number of aliphatic hydroxyl groups is 22. The first-order valence-electron chi connectivity index (χ1n) is 26.2. The molecular formula is C44H77NO39S. The van der Waals surface area contributed by atoms with Gasteiger partial charge in [-0.2, -0.15) is 8.42 Å². The van der Waals surface area contributed by atoms with Crippen molar-refractivity contribution >= 4 is 16.3 Å². The van der Waals surface area contributed by atoms with E-state index in [4.69, 9.17) is 56.8 Å². The van der Waals surface area contributed by atoms with Crippen LogP contribution in [0.2, 0.25) is 0 Å². The molecule has 0 radical (unpaired) electrons. The fourth-order valence-electron chi connectivity index (χ4n) is 10.1. The number of amides is 1. The molecule has 0 bridgehead atoms. The van der Waals surface area contributed by atoms with Crippen LogP contribution in [0.1, 0.15) is 6.92 Å². The molecule has 85 heavy (non-hydrogen) atoms. The van der Waals surface area contributed by atoms with E-state index >= 15 is 0 Å². The second-order valence-corrected chi connectivity index (χ2v) is 21.6. The zero-order chi connectivity index (χ0) is 63.3. The summed E-state index contributed by atoms with van der Waals surface area (Å²) in [6, 6.07) is -1.76. The maximum absolute atomic E-state index is 12.5. The lowest BCUT2D eigenvalue weighted by molar-refractivity contribution is -0.393. The lowest BCUT2D eigenvalue weighted by Crippen LogP contribution is -2.68. The van der Waals surface area contributed by atoms with Crippen molar-refractivity contribution in [3.8, 4) is 0 Å². The van der Waals surface area contributed by atoms with Gasteiger partial charge in [0.25, 0.3) is 0 Å². The lowest BCUT2D eigenvalue weighted by atomic mass is 9.95. The Labute approximate surface area is 480 Å². The van der Waals surface area contributed by atoms with E-state index in [1.807, 2.05) is 0 Å². The summed E-state index contributed by atoms with van der Waals surface area (Å²) in [5.74, 6) is -0.869. The Morgan fingerprint density at radius 2 is 0.800 bits per heavy atom. The average Bonchev–Trinajstić information content (AvgIpc) is 3.52. The highest BCUT2D eigenvalue weighted by Crippen LogP contribution is 2.37. The summed E-state index contributed by atoms with van der Waals surface area (Å²) in [5.41, 5.74) is 0. The van der Waals surface area contributed by atoms with Crippen LogP contribution in [-0.2, 0) is 76.2 Å². The number of hydrogen-bond acceptors (Lipinski definition) is 38. The monoisotopic (exact) mass is 1280 g/mol. The van der Waals surface area contributed by atoms with Crippen LogP contribution in [0.5, 0.6) is 0 Å². The van der Waals surface area contributed by atoms with E-state index in [0.29, 0.717) is 0 Å². The van der Waals surface area contributed by atoms with Crippen molar-refractivity contribution < 1.29 is 191 Å². The van der Waals surface area contributed by atoms with Gasteiger partial charge in [-0.3, -0.25) is 9.35 Å². The van der Waals surface area contributed by atoms with Crippen LogP contribution in [0.15, 0.2) is 0 Å². The van der Waals surface area contributed by atoms with E-state index in [1.165, 1.54) is 0 Å². The van der Waals surface area contributed by atoms with Gasteiger partial charge in [0.2, 0.25) is 5.91 Å². The molecule has 0 saturated carbocycles. The maximum atomic E-state index is 12.5. The van der Waals surface area contributed by atoms with Crippen molar-refractivity contribution in [1.82, 2.24) is 5.32 Å². The molecule has 41 heteroatoms. The Morgan fingerprint density at radius 1 is 0.435 bits per heavy atom. The molecule has 34 atom stereocenters. The number of carbonyl (C=O) groups excluding carboxylic acids is 1. The largest absolute Gasteiger partial charge is 0.397 e. The van der Waals surface area contributed by atoms with Gasteiger partial charge in [0.15, 0.2) is 37.7 Å². The molecule has 40 nitrogen and oxygen atoms in total. The third-order valence-corrected chi connectivity index (χ3v) is 15.2. The summed E-state index contributed by atoms with van der Waals surface area (Å²) in [6.07, 6.45) is -70.0. The van der Waals surface area contributed by atoms with Gasteiger partial charge in [-0.15, -0.1) is 0 Å². The Hall–Kier alpha value is -2.02. The standard InChI is InChI=1S/C44H77NO39S/c1-10(53)45-19-26(62)34(80-40-28(64)27(63)21(57)13(4-48)73-40)17(8-52)77-39(19)72-9-18-25(61)37(31(67)43(78-18)79-33(12(55)3-47)20(56)11(54)2-46)83-42-29(65)35(22(58)14(5-49)75-42)81-41-30(66)36(23(59)15(6-50)74-41)82-44-32(68)38(84-85(69,70)71)24(60)16(7-51)76-44/h11-44,46-52,54-68H,2-9H2,1H3,(H,45,53)(H,69,70,71)/t11-,12+,13+,14+,15+,16+,17+,18+,19+,20+,21-,22-,23-,24-,25-,26+,27-,28+,29+,30+,31+,32+,33+,34+,35-,36-,37-,38-,39+,40-,41-,42-,43-,44-/m0/s1. The third kappa shape index (κ3) is 16.6. The first-order valence-corrected chi connectivity index (χ1v) is 27.6. The van der Waals surface area contributed by atoms with Crippen molar-refractivity contribution in [2.75, 3.05) is 52.9 Å². The minimum Gasteiger partial charge on any atom is -0.394 e. The van der Waals surface area contributed by atoms with Crippen LogP contribution < -0.4 is 5.32 Å². The Morgan fingerprint density at radius 3 is 1.22 bits per heavy atom. The predicted octanol–water partition coefficient (Wildman–Crippen LogP) is -16.7. The number of carbonyl (C=O) groups is 1. The molecule has 0 aliphatic carbocycles. The van der Waals surface area contributed by atoms with Gasteiger partial charge < -0.3 is 175 Å². The van der Waals surface area contributed by atoms with Gasteiger partial charge in [-0.25, -0.2) is 4.18 Å². The van der Waals surface area contributed by atoms with Crippen molar-refractivity contribution in [3.05, 3.63) is 0 Å². The van der Waals surface area contributed by atoms with Crippen molar-refractivity contribution in [3.63, 3.8) is 0 Å². The lowest BCUT2D eigenvalue weighted by Gasteiger charge is -2.49. The van der Waals surface area contributed by atoms with Gasteiger partial charge in [0.05, 0.1) is 52.9 Å². The van der Waals surface area contributed by atoms with E-state index in [0.717, 1.165) is 6.92 Å². The van der Waals surface area contributed by atoms with Gasteiger partial charge in [0.1, 0.15) is 171 Å². The SMILES string of the molecule is CC(=O)N[C@H]1[C@H](OC[C@H]2O[C@@H](O[C@@H]([C@H](O)[C@@H](O)CO)[C@H](O)CO)[C@H](O)[C@@H](O[C@@H]3O[C@H](CO)[C@H](O)[C@H](O[C@@H]4O[C@H](CO)[C@H](O)[C@H](O[C@@H]5O[C@H](CO)[C@H](O)[C@H](OS(=O)(=O)O)[C@H]5O)[C@H]4O)[C@H]3O)[C@H]2O)O[C@H](CO)[C@@H](O[C@@H]2O[C@H](CO)[C@H](O)[C@H](O)[C@H]2O)[C@@H]1O. The van der Waals surface area contributed by atoms with Crippen molar-refractivity contribution in [2.24, 2.45) is 0 Å². The van der Waals surface area contributed by atoms with Gasteiger partial charge in [-0.05, 0) is 0 Å². The molecule has 6 fully saturated rings. The highest BCUT2D eigenvalue weighted by molar-refractivity contribution is 7.80. The smallest absolute Gasteiger partial charge is 0.394 e. The number of ether oxygens (including phenoxy) is 12. The molecule has 0 spiro atoms. The number of aliphatic hydroxyl groups excluding tert-OH is 22. The van der Waals surface area contributed by atoms with Gasteiger partial charge in [-0.1, -0.05) is 0 Å². The average molecular weight is 1280 g/mol. The van der Waals surface area contributed by atoms with Crippen LogP contribution in [0.25, 0.3) is 0 Å². The summed E-state index contributed by atoms with van der Waals surface area (Å²) in [7, 11) is -5.44. The number of hydrogen-bond donors (Lipinski definition) is 24. The predicted molar refractivity (Wildman–Crippen MR) is 256 cm³/mol. The molecule has 0 aromatic carbocycles. The molecular weight excluding hydrogens is 1200 g/mol. The third-order valence-electron chi connectivity index (χ3n) is 14.8. The summed E-state index contributed by atoms with van der Waals surface area (Å²) in [4.78, 5) is 12.5. The molecule has 0 aromatic rings. The van der Waals surface area contributed by atoms with Crippen LogP contribution >= 0.6 is 0 Å². The Kier molecular flexibility index (Phi) is 26.6. The second kappa shape index (κ2) is 31.3. The maximum Gasteiger partial charge on any atom is 0.397 e. The van der Waals surface area contributed by atoms with Crippen molar-refractivity contribution in [1.29, 1.82) is 0 Å². The summed E-state index contributed by atoms with van der Waals surface area (Å²) in [6.45, 7) is -7.85. The highest BCUT2D eigenvalue weighted by atomic mass is 32.3. The summed E-state index contributed by atoms with van der Waals surface area (Å²) < 4.78 is 104. The number of rotatable bonds is 26.